The van der Waals surface area contributed by atoms with Gasteiger partial charge in [-0.15, -0.1) is 0 Å². The minimum absolute atomic E-state index is 0.00629. The molecule has 0 saturated carbocycles. The molecule has 1 fully saturated rings. The van der Waals surface area contributed by atoms with Crippen molar-refractivity contribution in [3.63, 3.8) is 0 Å². The molecule has 1 aromatic rings. The fourth-order valence-electron chi connectivity index (χ4n) is 7.94. The number of unbranched alkanes of at least 4 members (excludes halogenated alkanes) is 2. The maximum Gasteiger partial charge on any atom is 0.362 e. The minimum Gasteiger partial charge on any atom is -0.469 e. The number of aryl methyl sites for hydroxylation is 1. The zero-order valence-corrected chi connectivity index (χ0v) is 46.9. The summed E-state index contributed by atoms with van der Waals surface area (Å²) < 4.78 is 23.1. The molecule has 2 rings (SSSR count). The monoisotopic (exact) mass is 1110 g/mol. The van der Waals surface area contributed by atoms with E-state index in [4.69, 9.17) is 24.7 Å². The van der Waals surface area contributed by atoms with Gasteiger partial charge in [0.25, 0.3) is 0 Å². The number of nitrogens with one attached hydrogen (secondary N) is 3. The molecule has 1 heterocycles. The predicted molar refractivity (Wildman–Crippen MR) is 281 cm³/mol. The van der Waals surface area contributed by atoms with Gasteiger partial charge in [-0.05, 0) is 148 Å². The molecule has 5 N–H and O–H groups in total. The van der Waals surface area contributed by atoms with Crippen molar-refractivity contribution < 1.29 is 57.4 Å². The number of carbonyl (C=O) groups excluding carboxylic acids is 7. The van der Waals surface area contributed by atoms with Crippen LogP contribution in [0.3, 0.4) is 0 Å². The Balaban J connectivity index is 1.95. The molecule has 19 heteroatoms. The third kappa shape index (κ3) is 31.4. The Morgan fingerprint density at radius 3 is 1.59 bits per heavy atom. The number of nitrogens with zero attached hydrogens (tertiary/aromatic N) is 3. The van der Waals surface area contributed by atoms with E-state index in [2.05, 4.69) is 57.5 Å². The van der Waals surface area contributed by atoms with Gasteiger partial charge in [0.1, 0.15) is 22.6 Å². The van der Waals surface area contributed by atoms with Crippen LogP contribution < -0.4 is 21.3 Å². The van der Waals surface area contributed by atoms with E-state index in [9.17, 15) is 33.6 Å². The molecule has 1 aliphatic heterocycles. The highest BCUT2D eigenvalue weighted by Crippen LogP contribution is 2.18. The van der Waals surface area contributed by atoms with Gasteiger partial charge in [0, 0.05) is 68.8 Å². The van der Waals surface area contributed by atoms with Crippen LogP contribution in [0.25, 0.3) is 0 Å². The van der Waals surface area contributed by atoms with E-state index >= 15 is 0 Å². The summed E-state index contributed by atoms with van der Waals surface area (Å²) in [5.41, 5.74) is 5.52. The predicted octanol–water partition coefficient (Wildman–Crippen LogP) is 3.09. The van der Waals surface area contributed by atoms with Crippen LogP contribution in [-0.2, 0) is 58.9 Å². The summed E-state index contributed by atoms with van der Waals surface area (Å²) in [6, 6.07) is 7.50. The molecule has 0 bridgehead atoms. The van der Waals surface area contributed by atoms with Gasteiger partial charge >= 0.3 is 23.9 Å². The average Bonchev–Trinajstić information content (AvgIpc) is 3.24. The minimum atomic E-state index is -0.766. The lowest BCUT2D eigenvalue weighted by Gasteiger charge is -2.33. The Bertz CT molecular complexity index is 1770. The van der Waals surface area contributed by atoms with Crippen molar-refractivity contribution in [3.8, 4) is 0 Å². The lowest BCUT2D eigenvalue weighted by atomic mass is 9.92. The Labute approximate surface area is 438 Å². The number of amides is 2. The van der Waals surface area contributed by atoms with Gasteiger partial charge in [0.2, 0.25) is 11.8 Å². The lowest BCUT2D eigenvalue weighted by molar-refractivity contribution is -0.891. The second-order valence-electron chi connectivity index (χ2n) is 21.7. The van der Waals surface area contributed by atoms with Gasteiger partial charge in [-0.2, -0.15) is 0 Å². The molecule has 0 aliphatic carbocycles. The number of Topliss-reactive ketones (excluding diaryl/α,β-unsaturated/α-hetero) is 1. The highest BCUT2D eigenvalue weighted by Gasteiger charge is 2.28. The number of halogens is 1. The first-order valence-corrected chi connectivity index (χ1v) is 26.6. The van der Waals surface area contributed by atoms with Crippen molar-refractivity contribution in [2.75, 3.05) is 98.7 Å². The molecule has 1 aromatic carbocycles. The largest absolute Gasteiger partial charge is 0.469 e. The SMILES string of the molecule is COC(=O)C(CCCCNC(=O)CCCc1ccc(I)cc1)CC(=O)C(N)CCCCNC(=O)CN1CCN(CC(=O)OC(C)(C)C)CC[NH+](CC(=O)OC(C)(C)C)CCN(CC(=O)OC(C)(C)C)CC1. The molecule has 2 unspecified atom stereocenters. The van der Waals surface area contributed by atoms with Crippen LogP contribution in [0, 0.1) is 9.49 Å². The maximum absolute atomic E-state index is 13.4. The van der Waals surface area contributed by atoms with Crippen molar-refractivity contribution in [2.24, 2.45) is 11.7 Å². The van der Waals surface area contributed by atoms with E-state index in [-0.39, 0.29) is 68.1 Å². The third-order valence-electron chi connectivity index (χ3n) is 11.5. The first-order chi connectivity index (χ1) is 33.2. The molecule has 0 spiro atoms. The third-order valence-corrected chi connectivity index (χ3v) is 12.2. The maximum atomic E-state index is 13.4. The first kappa shape index (κ1) is 63.4. The Kier molecular flexibility index (Phi) is 28.9. The van der Waals surface area contributed by atoms with Gasteiger partial charge < -0.3 is 40.2 Å². The Hall–Kier alpha value is -3.76. The number of rotatable bonds is 26. The van der Waals surface area contributed by atoms with Gasteiger partial charge in [-0.3, -0.25) is 43.5 Å². The summed E-state index contributed by atoms with van der Waals surface area (Å²) in [5, 5.41) is 5.94. The number of nitrogens with two attached hydrogens (primary N) is 1. The van der Waals surface area contributed by atoms with Crippen molar-refractivity contribution in [2.45, 2.75) is 149 Å². The van der Waals surface area contributed by atoms with Crippen LogP contribution in [0.4, 0.5) is 0 Å². The number of methoxy groups -OCH3 is 1. The molecule has 1 saturated heterocycles. The van der Waals surface area contributed by atoms with Gasteiger partial charge in [-0.1, -0.05) is 18.6 Å². The molecule has 71 heavy (non-hydrogen) atoms. The van der Waals surface area contributed by atoms with Gasteiger partial charge in [-0.25, -0.2) is 4.79 Å². The number of hydrogen-bond acceptors (Lipinski definition) is 15. The highest BCUT2D eigenvalue weighted by molar-refractivity contribution is 14.1. The van der Waals surface area contributed by atoms with Crippen LogP contribution >= 0.6 is 22.6 Å². The lowest BCUT2D eigenvalue weighted by Crippen LogP contribution is -3.14. The molecule has 18 nitrogen and oxygen atoms in total. The Morgan fingerprint density at radius 1 is 0.634 bits per heavy atom. The number of benzene rings is 1. The van der Waals surface area contributed by atoms with E-state index in [0.717, 1.165) is 17.7 Å². The summed E-state index contributed by atoms with van der Waals surface area (Å²) in [7, 11) is 1.30. The summed E-state index contributed by atoms with van der Waals surface area (Å²) in [6.45, 7) is 21.2. The molecule has 2 atom stereocenters. The van der Waals surface area contributed by atoms with Crippen LogP contribution in [0.15, 0.2) is 24.3 Å². The molecule has 0 radical (unpaired) electrons. The second-order valence-corrected chi connectivity index (χ2v) is 22.9. The van der Waals surface area contributed by atoms with Crippen LogP contribution in [0.2, 0.25) is 0 Å². The number of ketones is 1. The molecular formula is C52H89IN7O11+. The zero-order valence-electron chi connectivity index (χ0n) is 44.7. The zero-order chi connectivity index (χ0) is 53.2. The van der Waals surface area contributed by atoms with Gasteiger partial charge in [0.05, 0.1) is 51.8 Å². The fourth-order valence-corrected chi connectivity index (χ4v) is 8.30. The topological polar surface area (TPSA) is 221 Å². The Morgan fingerprint density at radius 2 is 1.10 bits per heavy atom. The van der Waals surface area contributed by atoms with E-state index in [1.807, 2.05) is 77.0 Å². The van der Waals surface area contributed by atoms with Gasteiger partial charge in [0.15, 0.2) is 6.54 Å². The molecular weight excluding hydrogens is 1030 g/mol. The summed E-state index contributed by atoms with van der Waals surface area (Å²) in [4.78, 5) is 97.6. The smallest absolute Gasteiger partial charge is 0.362 e. The number of ether oxygens (including phenoxy) is 4. The van der Waals surface area contributed by atoms with Crippen LogP contribution in [-0.4, -0.2) is 178 Å². The van der Waals surface area contributed by atoms with Crippen molar-refractivity contribution in [1.82, 2.24) is 25.3 Å². The molecule has 2 amide bonds. The van der Waals surface area contributed by atoms with Crippen molar-refractivity contribution in [3.05, 3.63) is 33.4 Å². The number of hydrogen-bond donors (Lipinski definition) is 4. The second kappa shape index (κ2) is 32.4. The fraction of sp³-hybridized carbons (Fsp3) is 0.750. The van der Waals surface area contributed by atoms with E-state index in [1.54, 1.807) is 0 Å². The summed E-state index contributed by atoms with van der Waals surface area (Å²) in [6.07, 6.45) is 5.30. The molecule has 404 valence electrons. The normalized spacial score (nSPS) is 16.1. The van der Waals surface area contributed by atoms with Crippen LogP contribution in [0.5, 0.6) is 0 Å². The average molecular weight is 1120 g/mol. The molecule has 1 aliphatic rings. The summed E-state index contributed by atoms with van der Waals surface area (Å²) in [5.74, 6) is -2.58. The molecule has 0 aromatic heterocycles. The standard InChI is InChI=1S/C52H88IN7O11/c1-50(2,3)69-46(64)36-58-28-26-57(27-29-59(37-47(65)70-51(4,5)6)31-33-60(32-30-58)38-48(66)71-52(7,8)9)35-45(63)56-25-14-12-18-42(54)43(61)34-40(49(67)68-10)17-11-13-24-55-44(62)19-15-16-39-20-22-41(53)23-21-39/h20-23,40,42H,11-19,24-38,54H2,1-10H3,(H,55,62)(H,56,63)/p+1. The van der Waals surface area contributed by atoms with E-state index in [1.165, 1.54) is 16.2 Å². The quantitative estimate of drug-likeness (QED) is 0.0454. The highest BCUT2D eigenvalue weighted by atomic mass is 127. The number of carbonyl (C=O) groups is 7. The van der Waals surface area contributed by atoms with E-state index < -0.39 is 34.7 Å². The summed E-state index contributed by atoms with van der Waals surface area (Å²) >= 11 is 2.27. The van der Waals surface area contributed by atoms with Crippen LogP contribution in [0.1, 0.15) is 126 Å². The van der Waals surface area contributed by atoms with Crippen molar-refractivity contribution >= 4 is 64.1 Å². The number of quaternary nitrogens is 1. The number of esters is 4. The van der Waals surface area contributed by atoms with Crippen molar-refractivity contribution in [1.29, 1.82) is 0 Å². The van der Waals surface area contributed by atoms with E-state index in [0.29, 0.717) is 110 Å². The first-order valence-electron chi connectivity index (χ1n) is 25.5.